The van der Waals surface area contributed by atoms with Gasteiger partial charge in [0.25, 0.3) is 0 Å². The molecule has 0 amide bonds. The van der Waals surface area contributed by atoms with Crippen LogP contribution in [0.25, 0.3) is 11.0 Å². The van der Waals surface area contributed by atoms with Gasteiger partial charge in [-0.15, -0.1) is 0 Å². The third kappa shape index (κ3) is 2.75. The Morgan fingerprint density at radius 1 is 1.05 bits per heavy atom. The quantitative estimate of drug-likeness (QED) is 0.759. The molecule has 1 heterocycles. The second-order valence-electron chi connectivity index (χ2n) is 5.22. The zero-order chi connectivity index (χ0) is 13.9. The van der Waals surface area contributed by atoms with Crippen molar-refractivity contribution in [2.45, 2.75) is 25.9 Å². The maximum Gasteiger partial charge on any atom is 0.134 e. The van der Waals surface area contributed by atoms with Crippen molar-refractivity contribution < 1.29 is 9.52 Å². The average Bonchev–Trinajstić information content (AvgIpc) is 2.87. The molecular weight excluding hydrogens is 248 g/mol. The first-order valence-corrected chi connectivity index (χ1v) is 6.94. The van der Waals surface area contributed by atoms with Crippen molar-refractivity contribution in [3.8, 4) is 0 Å². The average molecular weight is 266 g/mol. The van der Waals surface area contributed by atoms with E-state index in [2.05, 4.69) is 25.1 Å². The molecule has 1 N–H and O–H groups in total. The van der Waals surface area contributed by atoms with Crippen molar-refractivity contribution in [2.24, 2.45) is 0 Å². The number of furan rings is 1. The van der Waals surface area contributed by atoms with Crippen molar-refractivity contribution >= 4 is 11.0 Å². The molecule has 102 valence electrons. The Hall–Kier alpha value is -2.06. The molecule has 1 unspecified atom stereocenters. The molecule has 0 saturated heterocycles. The van der Waals surface area contributed by atoms with Gasteiger partial charge in [0.05, 0.1) is 6.10 Å². The summed E-state index contributed by atoms with van der Waals surface area (Å²) < 4.78 is 5.80. The van der Waals surface area contributed by atoms with Crippen molar-refractivity contribution in [1.82, 2.24) is 0 Å². The number of hydrogen-bond acceptors (Lipinski definition) is 2. The van der Waals surface area contributed by atoms with Gasteiger partial charge in [-0.05, 0) is 37.1 Å². The minimum atomic E-state index is -0.439. The first-order valence-electron chi connectivity index (χ1n) is 6.94. The molecule has 0 aliphatic carbocycles. The molecule has 0 fully saturated rings. The van der Waals surface area contributed by atoms with Crippen LogP contribution in [-0.4, -0.2) is 5.11 Å². The van der Waals surface area contributed by atoms with Crippen LogP contribution in [0, 0.1) is 6.92 Å². The van der Waals surface area contributed by atoms with Crippen molar-refractivity contribution in [3.63, 3.8) is 0 Å². The zero-order valence-electron chi connectivity index (χ0n) is 11.5. The summed E-state index contributed by atoms with van der Waals surface area (Å²) in [5.74, 6) is 0.931. The van der Waals surface area contributed by atoms with Crippen molar-refractivity contribution in [3.05, 3.63) is 71.5 Å². The first-order chi connectivity index (χ1) is 9.72. The smallest absolute Gasteiger partial charge is 0.134 e. The highest BCUT2D eigenvalue weighted by Gasteiger charge is 2.09. The van der Waals surface area contributed by atoms with Gasteiger partial charge in [0.15, 0.2) is 0 Å². The highest BCUT2D eigenvalue weighted by Crippen LogP contribution is 2.24. The summed E-state index contributed by atoms with van der Waals surface area (Å²) in [6.07, 6.45) is 0.971. The van der Waals surface area contributed by atoms with E-state index in [1.807, 2.05) is 36.4 Å². The van der Waals surface area contributed by atoms with E-state index in [-0.39, 0.29) is 0 Å². The topological polar surface area (TPSA) is 33.4 Å². The molecule has 2 aromatic carbocycles. The second-order valence-corrected chi connectivity index (χ2v) is 5.22. The molecule has 3 aromatic rings. The van der Waals surface area contributed by atoms with Gasteiger partial charge in [0.1, 0.15) is 11.3 Å². The number of aryl methyl sites for hydroxylation is 2. The van der Waals surface area contributed by atoms with Crippen LogP contribution in [-0.2, 0) is 6.42 Å². The third-order valence-corrected chi connectivity index (χ3v) is 3.57. The van der Waals surface area contributed by atoms with Gasteiger partial charge in [-0.25, -0.2) is 0 Å². The molecule has 0 radical (unpaired) electrons. The summed E-state index contributed by atoms with van der Waals surface area (Å²) in [4.78, 5) is 0. The summed E-state index contributed by atoms with van der Waals surface area (Å²) in [6, 6.07) is 18.0. The second kappa shape index (κ2) is 5.51. The highest BCUT2D eigenvalue weighted by atomic mass is 16.3. The number of fused-ring (bicyclic) bond motifs is 1. The molecule has 0 saturated carbocycles. The van der Waals surface area contributed by atoms with Gasteiger partial charge < -0.3 is 9.52 Å². The van der Waals surface area contributed by atoms with Crippen LogP contribution in [0.3, 0.4) is 0 Å². The van der Waals surface area contributed by atoms with E-state index in [1.54, 1.807) is 0 Å². The van der Waals surface area contributed by atoms with Gasteiger partial charge in [-0.3, -0.25) is 0 Å². The Balaban J connectivity index is 1.71. The van der Waals surface area contributed by atoms with E-state index in [9.17, 15) is 5.11 Å². The molecule has 1 aromatic heterocycles. The van der Waals surface area contributed by atoms with E-state index < -0.39 is 6.10 Å². The van der Waals surface area contributed by atoms with E-state index in [4.69, 9.17) is 4.42 Å². The fraction of sp³-hybridized carbons (Fsp3) is 0.222. The minimum absolute atomic E-state index is 0.439. The lowest BCUT2D eigenvalue weighted by Gasteiger charge is -2.09. The molecule has 2 nitrogen and oxygen atoms in total. The van der Waals surface area contributed by atoms with Crippen LogP contribution in [0.2, 0.25) is 0 Å². The van der Waals surface area contributed by atoms with Gasteiger partial charge in [-0.1, -0.05) is 42.0 Å². The molecule has 0 spiro atoms. The predicted octanol–water partition coefficient (Wildman–Crippen LogP) is 4.41. The van der Waals surface area contributed by atoms with E-state index >= 15 is 0 Å². The number of aliphatic hydroxyl groups is 1. The third-order valence-electron chi connectivity index (χ3n) is 3.57. The molecule has 3 rings (SSSR count). The Labute approximate surface area is 118 Å². The van der Waals surface area contributed by atoms with Crippen LogP contribution in [0.15, 0.2) is 59.0 Å². The Bertz CT molecular complexity index is 698. The van der Waals surface area contributed by atoms with E-state index in [0.29, 0.717) is 6.42 Å². The Kier molecular flexibility index (Phi) is 3.57. The molecule has 0 bridgehead atoms. The van der Waals surface area contributed by atoms with Gasteiger partial charge in [0.2, 0.25) is 0 Å². The van der Waals surface area contributed by atoms with Gasteiger partial charge >= 0.3 is 0 Å². The maximum absolute atomic E-state index is 10.2. The van der Waals surface area contributed by atoms with Crippen LogP contribution in [0.4, 0.5) is 0 Å². The maximum atomic E-state index is 10.2. The Morgan fingerprint density at radius 3 is 2.65 bits per heavy atom. The minimum Gasteiger partial charge on any atom is -0.461 e. The fourth-order valence-electron chi connectivity index (χ4n) is 2.46. The summed E-state index contributed by atoms with van der Waals surface area (Å²) in [5, 5.41) is 11.3. The van der Waals surface area contributed by atoms with Crippen molar-refractivity contribution in [2.75, 3.05) is 0 Å². The Morgan fingerprint density at radius 2 is 1.85 bits per heavy atom. The zero-order valence-corrected chi connectivity index (χ0v) is 11.5. The number of benzene rings is 2. The molecule has 0 aliphatic rings. The van der Waals surface area contributed by atoms with Gasteiger partial charge in [0, 0.05) is 11.8 Å². The molecule has 20 heavy (non-hydrogen) atoms. The van der Waals surface area contributed by atoms with Crippen LogP contribution < -0.4 is 0 Å². The standard InChI is InChI=1S/C18H18O2/c1-13-7-10-18-15(11-13)12-16(20-18)8-9-17(19)14-5-3-2-4-6-14/h2-7,10-12,17,19H,8-9H2,1H3. The summed E-state index contributed by atoms with van der Waals surface area (Å²) >= 11 is 0. The lowest BCUT2D eigenvalue weighted by Crippen LogP contribution is -1.98. The molecular formula is C18H18O2. The predicted molar refractivity (Wildman–Crippen MR) is 80.7 cm³/mol. The van der Waals surface area contributed by atoms with Crippen molar-refractivity contribution in [1.29, 1.82) is 0 Å². The largest absolute Gasteiger partial charge is 0.461 e. The lowest BCUT2D eigenvalue weighted by atomic mass is 10.0. The fourth-order valence-corrected chi connectivity index (χ4v) is 2.46. The van der Waals surface area contributed by atoms with Crippen LogP contribution >= 0.6 is 0 Å². The van der Waals surface area contributed by atoms with Gasteiger partial charge in [-0.2, -0.15) is 0 Å². The molecule has 0 aliphatic heterocycles. The molecule has 2 heteroatoms. The first kappa shape index (κ1) is 12.9. The highest BCUT2D eigenvalue weighted by molar-refractivity contribution is 5.78. The number of hydrogen-bond donors (Lipinski definition) is 1. The number of aliphatic hydroxyl groups excluding tert-OH is 1. The van der Waals surface area contributed by atoms with Crippen LogP contribution in [0.5, 0.6) is 0 Å². The summed E-state index contributed by atoms with van der Waals surface area (Å²) in [6.45, 7) is 2.07. The summed E-state index contributed by atoms with van der Waals surface area (Å²) in [5.41, 5.74) is 3.11. The molecule has 1 atom stereocenters. The summed E-state index contributed by atoms with van der Waals surface area (Å²) in [7, 11) is 0. The van der Waals surface area contributed by atoms with Crippen LogP contribution in [0.1, 0.15) is 29.4 Å². The van der Waals surface area contributed by atoms with E-state index in [0.717, 1.165) is 28.7 Å². The lowest BCUT2D eigenvalue weighted by molar-refractivity contribution is 0.165. The monoisotopic (exact) mass is 266 g/mol. The SMILES string of the molecule is Cc1ccc2oc(CCC(O)c3ccccc3)cc2c1. The van der Waals surface area contributed by atoms with E-state index in [1.165, 1.54) is 5.56 Å². The number of rotatable bonds is 4. The normalized spacial score (nSPS) is 12.7.